The average Bonchev–Trinajstić information content (AvgIpc) is 2.86. The molecular formula is C11H15F3IN3S. The molecule has 0 radical (unpaired) electrons. The molecule has 1 N–H and O–H groups in total. The van der Waals surface area contributed by atoms with Crippen LogP contribution in [0.25, 0.3) is 0 Å². The van der Waals surface area contributed by atoms with E-state index in [1.807, 2.05) is 6.20 Å². The van der Waals surface area contributed by atoms with Crippen LogP contribution in [0, 0.1) is 8.80 Å². The molecule has 19 heavy (non-hydrogen) atoms. The fourth-order valence-corrected chi connectivity index (χ4v) is 3.74. The van der Waals surface area contributed by atoms with E-state index in [0.29, 0.717) is 25.6 Å². The van der Waals surface area contributed by atoms with Crippen LogP contribution in [-0.4, -0.2) is 42.2 Å². The van der Waals surface area contributed by atoms with E-state index < -0.39 is 12.7 Å². The van der Waals surface area contributed by atoms with E-state index in [0.717, 1.165) is 20.9 Å². The first-order valence-corrected chi connectivity index (χ1v) is 7.92. The van der Waals surface area contributed by atoms with Crippen molar-refractivity contribution >= 4 is 33.9 Å². The molecule has 1 aliphatic heterocycles. The van der Waals surface area contributed by atoms with Gasteiger partial charge in [0, 0.05) is 13.1 Å². The molecule has 0 bridgehead atoms. The van der Waals surface area contributed by atoms with Crippen molar-refractivity contribution in [3.8, 4) is 0 Å². The first-order chi connectivity index (χ1) is 8.92. The average molecular weight is 405 g/mol. The summed E-state index contributed by atoms with van der Waals surface area (Å²) in [6.45, 7) is 1.74. The van der Waals surface area contributed by atoms with E-state index in [-0.39, 0.29) is 0 Å². The van der Waals surface area contributed by atoms with E-state index in [9.17, 15) is 13.2 Å². The van der Waals surface area contributed by atoms with Gasteiger partial charge in [-0.1, -0.05) is 0 Å². The van der Waals surface area contributed by atoms with Gasteiger partial charge >= 0.3 is 6.18 Å². The summed E-state index contributed by atoms with van der Waals surface area (Å²) in [6.07, 6.45) is -1.43. The minimum absolute atomic E-state index is 0.307. The molecule has 2 rings (SSSR count). The number of nitrogens with one attached hydrogen (secondary N) is 1. The molecule has 0 unspecified atom stereocenters. The molecule has 0 saturated carbocycles. The Kier molecular flexibility index (Phi) is 5.44. The van der Waals surface area contributed by atoms with Crippen molar-refractivity contribution in [2.24, 2.45) is 5.92 Å². The van der Waals surface area contributed by atoms with Gasteiger partial charge < -0.3 is 5.32 Å². The summed E-state index contributed by atoms with van der Waals surface area (Å²) in [7, 11) is 0. The minimum Gasteiger partial charge on any atom is -0.310 e. The Balaban J connectivity index is 1.65. The van der Waals surface area contributed by atoms with Crippen LogP contribution in [0.4, 0.5) is 13.2 Å². The van der Waals surface area contributed by atoms with Crippen molar-refractivity contribution in [3.63, 3.8) is 0 Å². The van der Waals surface area contributed by atoms with Crippen molar-refractivity contribution in [2.75, 3.05) is 26.2 Å². The van der Waals surface area contributed by atoms with Crippen LogP contribution in [0.3, 0.4) is 0 Å². The third kappa shape index (κ3) is 5.52. The lowest BCUT2D eigenvalue weighted by Crippen LogP contribution is -2.33. The number of hydrogen-bond acceptors (Lipinski definition) is 4. The maximum absolute atomic E-state index is 12.2. The number of alkyl halides is 3. The zero-order valence-electron chi connectivity index (χ0n) is 10.2. The highest BCUT2D eigenvalue weighted by atomic mass is 127. The van der Waals surface area contributed by atoms with Gasteiger partial charge in [-0.05, 0) is 48.0 Å². The van der Waals surface area contributed by atoms with E-state index in [1.165, 1.54) is 4.90 Å². The Morgan fingerprint density at radius 3 is 2.95 bits per heavy atom. The largest absolute Gasteiger partial charge is 0.401 e. The van der Waals surface area contributed by atoms with Gasteiger partial charge in [0.15, 0.2) is 0 Å². The second kappa shape index (κ2) is 6.68. The van der Waals surface area contributed by atoms with Crippen LogP contribution < -0.4 is 5.32 Å². The van der Waals surface area contributed by atoms with Crippen molar-refractivity contribution in [2.45, 2.75) is 19.1 Å². The number of likely N-dealkylation sites (tertiary alicyclic amines) is 1. The molecule has 0 aliphatic carbocycles. The second-order valence-corrected chi connectivity index (χ2v) is 7.70. The Labute approximate surface area is 127 Å². The van der Waals surface area contributed by atoms with Gasteiger partial charge in [0.2, 0.25) is 0 Å². The highest BCUT2D eigenvalue weighted by molar-refractivity contribution is 14.1. The molecule has 1 aromatic rings. The Hall–Kier alpha value is 0.0700. The number of thiazole rings is 1. The molecule has 1 fully saturated rings. The molecular weight excluding hydrogens is 390 g/mol. The highest BCUT2D eigenvalue weighted by Crippen LogP contribution is 2.22. The number of nitrogens with zero attached hydrogens (tertiary/aromatic N) is 2. The fourth-order valence-electron chi connectivity index (χ4n) is 2.23. The van der Waals surface area contributed by atoms with Crippen LogP contribution in [0.1, 0.15) is 11.4 Å². The summed E-state index contributed by atoms with van der Waals surface area (Å²) in [5.74, 6) is 0.307. The van der Waals surface area contributed by atoms with E-state index >= 15 is 0 Å². The molecule has 1 atom stereocenters. The predicted octanol–water partition coefficient (Wildman–Crippen LogP) is 2.72. The summed E-state index contributed by atoms with van der Waals surface area (Å²) >= 11 is 3.85. The third-order valence-corrected chi connectivity index (χ3v) is 4.73. The van der Waals surface area contributed by atoms with Gasteiger partial charge in [-0.3, -0.25) is 4.90 Å². The Bertz CT molecular complexity index is 410. The van der Waals surface area contributed by atoms with Crippen LogP contribution in [0.5, 0.6) is 0 Å². The van der Waals surface area contributed by atoms with Gasteiger partial charge in [0.25, 0.3) is 0 Å². The number of hydrogen-bond donors (Lipinski definition) is 1. The molecule has 1 aliphatic rings. The lowest BCUT2D eigenvalue weighted by Gasteiger charge is -2.17. The number of rotatable bonds is 5. The molecule has 0 spiro atoms. The maximum atomic E-state index is 12.2. The van der Waals surface area contributed by atoms with Crippen LogP contribution >= 0.6 is 33.9 Å². The molecule has 108 valence electrons. The van der Waals surface area contributed by atoms with Gasteiger partial charge in [-0.25, -0.2) is 4.98 Å². The standard InChI is InChI=1S/C11H15F3IN3S/c12-11(13,14)7-18-2-1-8(6-18)3-16-5-10-17-4-9(15)19-10/h4,8,16H,1-3,5-7H2/t8-/m0/s1. The first kappa shape index (κ1) is 15.5. The molecule has 8 heteroatoms. The topological polar surface area (TPSA) is 28.2 Å². The molecule has 2 heterocycles. The van der Waals surface area contributed by atoms with Crippen molar-refractivity contribution in [3.05, 3.63) is 14.1 Å². The zero-order valence-corrected chi connectivity index (χ0v) is 13.2. The number of aromatic nitrogens is 1. The minimum atomic E-state index is -4.08. The van der Waals surface area contributed by atoms with E-state index in [2.05, 4.69) is 32.9 Å². The smallest absolute Gasteiger partial charge is 0.310 e. The zero-order chi connectivity index (χ0) is 13.9. The quantitative estimate of drug-likeness (QED) is 0.764. The summed E-state index contributed by atoms with van der Waals surface area (Å²) in [4.78, 5) is 5.72. The van der Waals surface area contributed by atoms with Gasteiger partial charge in [-0.15, -0.1) is 11.3 Å². The molecule has 3 nitrogen and oxygen atoms in total. The second-order valence-electron chi connectivity index (χ2n) is 4.69. The Morgan fingerprint density at radius 1 is 1.53 bits per heavy atom. The van der Waals surface area contributed by atoms with Gasteiger partial charge in [0.05, 0.1) is 15.6 Å². The van der Waals surface area contributed by atoms with Crippen molar-refractivity contribution in [1.82, 2.24) is 15.2 Å². The normalized spacial score (nSPS) is 21.2. The Morgan fingerprint density at radius 2 is 2.32 bits per heavy atom. The van der Waals surface area contributed by atoms with E-state index in [1.54, 1.807) is 11.3 Å². The lowest BCUT2D eigenvalue weighted by molar-refractivity contribution is -0.143. The fraction of sp³-hybridized carbons (Fsp3) is 0.727. The van der Waals surface area contributed by atoms with Crippen LogP contribution in [-0.2, 0) is 6.54 Å². The summed E-state index contributed by atoms with van der Waals surface area (Å²) in [5.41, 5.74) is 0. The highest BCUT2D eigenvalue weighted by Gasteiger charge is 2.34. The van der Waals surface area contributed by atoms with Gasteiger partial charge in [0.1, 0.15) is 5.01 Å². The molecule has 1 saturated heterocycles. The van der Waals surface area contributed by atoms with E-state index in [4.69, 9.17) is 0 Å². The van der Waals surface area contributed by atoms with Crippen molar-refractivity contribution in [1.29, 1.82) is 0 Å². The first-order valence-electron chi connectivity index (χ1n) is 6.02. The third-order valence-electron chi connectivity index (χ3n) is 3.01. The molecule has 0 amide bonds. The monoisotopic (exact) mass is 405 g/mol. The number of halogens is 4. The SMILES string of the molecule is FC(F)(F)CN1CC[C@@H](CNCc2ncc(I)s2)C1. The van der Waals surface area contributed by atoms with Crippen LogP contribution in [0.2, 0.25) is 0 Å². The predicted molar refractivity (Wildman–Crippen MR) is 77.1 cm³/mol. The summed E-state index contributed by atoms with van der Waals surface area (Å²) in [5, 5.41) is 4.30. The summed E-state index contributed by atoms with van der Waals surface area (Å²) < 4.78 is 37.9. The molecule has 1 aromatic heterocycles. The molecule has 0 aromatic carbocycles. The van der Waals surface area contributed by atoms with Crippen LogP contribution in [0.15, 0.2) is 6.20 Å². The van der Waals surface area contributed by atoms with Gasteiger partial charge in [-0.2, -0.15) is 13.2 Å². The van der Waals surface area contributed by atoms with Crippen molar-refractivity contribution < 1.29 is 13.2 Å². The summed E-state index contributed by atoms with van der Waals surface area (Å²) in [6, 6.07) is 0. The maximum Gasteiger partial charge on any atom is 0.401 e. The lowest BCUT2D eigenvalue weighted by atomic mass is 10.1.